The summed E-state index contributed by atoms with van der Waals surface area (Å²) in [6, 6.07) is 3.00. The van der Waals surface area contributed by atoms with Crippen molar-refractivity contribution in [1.82, 2.24) is 9.62 Å². The molecule has 2 N–H and O–H groups in total. The molecule has 2 aliphatic carbocycles. The Morgan fingerprint density at radius 1 is 1.03 bits per heavy atom. The van der Waals surface area contributed by atoms with Gasteiger partial charge in [0, 0.05) is 23.0 Å². The third kappa shape index (κ3) is 4.77. The van der Waals surface area contributed by atoms with Crippen molar-refractivity contribution in [2.24, 2.45) is 0 Å². The Labute approximate surface area is 204 Å². The number of hydrogen-bond donors (Lipinski definition) is 2. The fourth-order valence-corrected chi connectivity index (χ4v) is 6.82. The lowest BCUT2D eigenvalue weighted by Gasteiger charge is -2.23. The Morgan fingerprint density at radius 3 is 2.53 bits per heavy atom. The van der Waals surface area contributed by atoms with Gasteiger partial charge >= 0.3 is 6.03 Å². The van der Waals surface area contributed by atoms with Gasteiger partial charge in [0.15, 0.2) is 0 Å². The van der Waals surface area contributed by atoms with Crippen molar-refractivity contribution in [3.05, 3.63) is 62.2 Å². The first-order chi connectivity index (χ1) is 16.4. The Balaban J connectivity index is 1.28. The van der Waals surface area contributed by atoms with Crippen LogP contribution >= 0.6 is 11.3 Å². The van der Waals surface area contributed by atoms with Gasteiger partial charge in [-0.15, -0.1) is 0 Å². The van der Waals surface area contributed by atoms with E-state index in [2.05, 4.69) is 16.1 Å². The van der Waals surface area contributed by atoms with Gasteiger partial charge in [0.2, 0.25) is 0 Å². The fraction of sp³-hybridized carbons (Fsp3) is 0.440. The van der Waals surface area contributed by atoms with E-state index in [0.29, 0.717) is 18.5 Å². The molecule has 1 aliphatic heterocycles. The number of fused-ring (bicyclic) bond motifs is 2. The van der Waals surface area contributed by atoms with Crippen LogP contribution in [-0.4, -0.2) is 37.8 Å². The zero-order chi connectivity index (χ0) is 23.7. The maximum Gasteiger partial charge on any atom is 0.333 e. The lowest BCUT2D eigenvalue weighted by atomic mass is 9.87. The van der Waals surface area contributed by atoms with Crippen LogP contribution in [0.25, 0.3) is 0 Å². The second kappa shape index (κ2) is 9.54. The van der Waals surface area contributed by atoms with Crippen LogP contribution in [0.2, 0.25) is 0 Å². The number of likely N-dealkylation sites (tertiary alicyclic amines) is 1. The summed E-state index contributed by atoms with van der Waals surface area (Å²) in [5.74, 6) is -0.0980. The largest absolute Gasteiger partial charge is 0.333 e. The first kappa shape index (κ1) is 23.1. The number of hydrogen-bond acceptors (Lipinski definition) is 5. The van der Waals surface area contributed by atoms with Crippen molar-refractivity contribution in [1.29, 1.82) is 0 Å². The summed E-state index contributed by atoms with van der Waals surface area (Å²) in [5.41, 5.74) is 6.28. The molecule has 34 heavy (non-hydrogen) atoms. The number of rotatable bonds is 5. The minimum Gasteiger partial charge on any atom is -0.332 e. The van der Waals surface area contributed by atoms with Crippen molar-refractivity contribution >= 4 is 39.0 Å². The van der Waals surface area contributed by atoms with E-state index < -0.39 is 16.1 Å². The van der Waals surface area contributed by atoms with Crippen LogP contribution in [0, 0.1) is 0 Å². The smallest absolute Gasteiger partial charge is 0.332 e. The Kier molecular flexibility index (Phi) is 6.48. The Hall–Kier alpha value is -2.65. The van der Waals surface area contributed by atoms with Crippen LogP contribution in [0.15, 0.2) is 34.4 Å². The molecular weight excluding hydrogens is 470 g/mol. The molecule has 3 aliphatic rings. The maximum atomic E-state index is 12.7. The molecule has 3 amide bonds. The molecule has 180 valence electrons. The molecule has 7 nitrogen and oxygen atoms in total. The minimum absolute atomic E-state index is 0.0980. The van der Waals surface area contributed by atoms with Crippen molar-refractivity contribution in [3.8, 4) is 0 Å². The van der Waals surface area contributed by atoms with Crippen LogP contribution in [0.1, 0.15) is 64.7 Å². The van der Waals surface area contributed by atoms with Crippen molar-refractivity contribution in [3.63, 3.8) is 0 Å². The number of thiophene rings is 1. The Morgan fingerprint density at radius 2 is 1.76 bits per heavy atom. The molecule has 1 atom stereocenters. The van der Waals surface area contributed by atoms with Crippen molar-refractivity contribution in [2.75, 3.05) is 11.9 Å². The molecule has 5 rings (SSSR count). The van der Waals surface area contributed by atoms with Crippen LogP contribution in [0.5, 0.6) is 0 Å². The first-order valence-electron chi connectivity index (χ1n) is 11.9. The predicted octanol–water partition coefficient (Wildman–Crippen LogP) is 4.39. The maximum absolute atomic E-state index is 12.7. The number of carbonyl (C=O) groups excluding carboxylic acids is 2. The van der Waals surface area contributed by atoms with Gasteiger partial charge in [0.05, 0.1) is 11.6 Å². The van der Waals surface area contributed by atoms with Gasteiger partial charge in [-0.3, -0.25) is 4.79 Å². The summed E-state index contributed by atoms with van der Waals surface area (Å²) in [7, 11) is -4.01. The highest BCUT2D eigenvalue weighted by molar-refractivity contribution is 7.92. The minimum atomic E-state index is -4.01. The van der Waals surface area contributed by atoms with Crippen LogP contribution in [0.3, 0.4) is 0 Å². The highest BCUT2D eigenvalue weighted by atomic mass is 32.2. The SMILES string of the molecule is O=C(Nc1c2c(cc3c1CCC3)CCCC2)NS(=O)(=O)/C=C/[C@H]1CCCN1C(=O)c1ccsc1. The topological polar surface area (TPSA) is 95.6 Å². The van der Waals surface area contributed by atoms with Crippen molar-refractivity contribution in [2.45, 2.75) is 63.8 Å². The molecule has 1 fully saturated rings. The van der Waals surface area contributed by atoms with Gasteiger partial charge in [-0.25, -0.2) is 17.9 Å². The van der Waals surface area contributed by atoms with E-state index in [1.54, 1.807) is 16.3 Å². The molecule has 2 heterocycles. The van der Waals surface area contributed by atoms with E-state index in [0.717, 1.165) is 73.6 Å². The molecule has 0 saturated carbocycles. The average Bonchev–Trinajstić information content (AvgIpc) is 3.58. The number of amides is 3. The molecule has 0 bridgehead atoms. The number of sulfonamides is 1. The van der Waals surface area contributed by atoms with Gasteiger partial charge in [-0.2, -0.15) is 11.3 Å². The fourth-order valence-electron chi connectivity index (χ4n) is 5.42. The van der Waals surface area contributed by atoms with E-state index >= 15 is 0 Å². The van der Waals surface area contributed by atoms with E-state index in [-0.39, 0.29) is 11.9 Å². The number of anilines is 1. The number of aryl methyl sites for hydroxylation is 2. The molecule has 0 radical (unpaired) electrons. The number of benzene rings is 1. The van der Waals surface area contributed by atoms with Gasteiger partial charge in [-0.1, -0.05) is 6.07 Å². The van der Waals surface area contributed by atoms with Crippen molar-refractivity contribution < 1.29 is 18.0 Å². The summed E-state index contributed by atoms with van der Waals surface area (Å²) < 4.78 is 27.4. The highest BCUT2D eigenvalue weighted by Gasteiger charge is 2.29. The van der Waals surface area contributed by atoms with E-state index in [1.807, 2.05) is 5.38 Å². The van der Waals surface area contributed by atoms with Crippen LogP contribution in [-0.2, 0) is 35.7 Å². The summed E-state index contributed by atoms with van der Waals surface area (Å²) in [6.45, 7) is 0.585. The van der Waals surface area contributed by atoms with E-state index in [1.165, 1.54) is 28.5 Å². The lowest BCUT2D eigenvalue weighted by Crippen LogP contribution is -2.36. The number of nitrogens with zero attached hydrogens (tertiary/aromatic N) is 1. The Bertz CT molecular complexity index is 1240. The molecule has 1 aromatic carbocycles. The predicted molar refractivity (Wildman–Crippen MR) is 134 cm³/mol. The molecule has 2 aromatic rings. The van der Waals surface area contributed by atoms with Gasteiger partial charge in [0.25, 0.3) is 15.9 Å². The van der Waals surface area contributed by atoms with Gasteiger partial charge in [0.1, 0.15) is 0 Å². The van der Waals surface area contributed by atoms with Crippen LogP contribution in [0.4, 0.5) is 10.5 Å². The number of carbonyl (C=O) groups is 2. The molecule has 1 saturated heterocycles. The molecule has 0 unspecified atom stereocenters. The molecule has 0 spiro atoms. The van der Waals surface area contributed by atoms with Gasteiger partial charge in [-0.05, 0) is 97.6 Å². The zero-order valence-electron chi connectivity index (χ0n) is 19.0. The monoisotopic (exact) mass is 499 g/mol. The van der Waals surface area contributed by atoms with E-state index in [9.17, 15) is 18.0 Å². The summed E-state index contributed by atoms with van der Waals surface area (Å²) in [4.78, 5) is 27.1. The third-order valence-corrected chi connectivity index (χ3v) is 8.67. The lowest BCUT2D eigenvalue weighted by molar-refractivity contribution is 0.0762. The van der Waals surface area contributed by atoms with Crippen LogP contribution < -0.4 is 10.0 Å². The van der Waals surface area contributed by atoms with E-state index in [4.69, 9.17) is 0 Å². The second-order valence-electron chi connectivity index (χ2n) is 9.24. The molecule has 9 heteroatoms. The number of nitrogens with one attached hydrogen (secondary N) is 2. The average molecular weight is 500 g/mol. The zero-order valence-corrected chi connectivity index (χ0v) is 20.6. The third-order valence-electron chi connectivity index (χ3n) is 7.00. The molecule has 1 aromatic heterocycles. The summed E-state index contributed by atoms with van der Waals surface area (Å²) in [5, 5.41) is 7.53. The first-order valence-corrected chi connectivity index (χ1v) is 14.4. The molecular formula is C25H29N3O4S2. The standard InChI is InChI=1S/C25H29N3O4S2/c29-24(19-10-13-33-16-19)28-12-4-7-20(28)11-14-34(31,32)27-25(30)26-23-21-8-2-1-5-17(21)15-18-6-3-9-22(18)23/h10-11,13-16,20H,1-9,12H2,(H2,26,27,30)/b14-11+/t20-/m1/s1. The highest BCUT2D eigenvalue weighted by Crippen LogP contribution is 2.37. The second-order valence-corrected chi connectivity index (χ2v) is 11.6. The van der Waals surface area contributed by atoms with Gasteiger partial charge < -0.3 is 10.2 Å². The summed E-state index contributed by atoms with van der Waals surface area (Å²) in [6.07, 6.45) is 10.1. The normalized spacial score (nSPS) is 19.8. The summed E-state index contributed by atoms with van der Waals surface area (Å²) >= 11 is 1.45. The quantitative estimate of drug-likeness (QED) is 0.638. The number of urea groups is 1.